The monoisotopic (exact) mass is 276 g/mol. The Hall–Kier alpha value is -1.95. The number of aromatic hydroxyl groups is 1. The fourth-order valence-electron chi connectivity index (χ4n) is 2.00. The minimum absolute atomic E-state index is 0.116. The highest BCUT2D eigenvalue weighted by Gasteiger charge is 2.15. The van der Waals surface area contributed by atoms with Gasteiger partial charge in [-0.2, -0.15) is 0 Å². The Balaban J connectivity index is 2.65. The van der Waals surface area contributed by atoms with Crippen LogP contribution in [0.15, 0.2) is 28.4 Å². The molecule has 0 amide bonds. The molecule has 0 atom stereocenters. The number of hydrogen-bond acceptors (Lipinski definition) is 3. The molecule has 19 heavy (non-hydrogen) atoms. The molecule has 5 nitrogen and oxygen atoms in total. The predicted molar refractivity (Wildman–Crippen MR) is 80.2 cm³/mol. The first-order valence-corrected chi connectivity index (χ1v) is 6.44. The van der Waals surface area contributed by atoms with Crippen molar-refractivity contribution in [3.8, 4) is 5.88 Å². The van der Waals surface area contributed by atoms with Crippen LogP contribution in [-0.2, 0) is 6.54 Å². The SMILES string of the molecule is CCn1c(O)c(N=NC(=S)NC)c2cc(C)ccc21. The van der Waals surface area contributed by atoms with Crippen LogP contribution in [0, 0.1) is 6.92 Å². The van der Waals surface area contributed by atoms with E-state index in [-0.39, 0.29) is 11.0 Å². The van der Waals surface area contributed by atoms with Gasteiger partial charge in [-0.05, 0) is 38.2 Å². The molecular weight excluding hydrogens is 260 g/mol. The number of thiocarbonyl (C=S) groups is 1. The van der Waals surface area contributed by atoms with E-state index in [9.17, 15) is 5.11 Å². The Labute approximate surface area is 117 Å². The van der Waals surface area contributed by atoms with Crippen LogP contribution in [0.2, 0.25) is 0 Å². The summed E-state index contributed by atoms with van der Waals surface area (Å²) in [6, 6.07) is 5.97. The van der Waals surface area contributed by atoms with E-state index in [1.165, 1.54) is 0 Å². The summed E-state index contributed by atoms with van der Waals surface area (Å²) in [6.45, 7) is 4.63. The third-order valence-electron chi connectivity index (χ3n) is 2.94. The number of benzene rings is 1. The highest BCUT2D eigenvalue weighted by Crippen LogP contribution is 2.39. The largest absolute Gasteiger partial charge is 0.493 e. The van der Waals surface area contributed by atoms with E-state index in [1.807, 2.05) is 32.0 Å². The molecule has 0 unspecified atom stereocenters. The zero-order chi connectivity index (χ0) is 14.0. The summed E-state index contributed by atoms with van der Waals surface area (Å²) in [7, 11) is 1.68. The average molecular weight is 276 g/mol. The molecule has 1 heterocycles. The Morgan fingerprint density at radius 2 is 2.21 bits per heavy atom. The molecule has 6 heteroatoms. The minimum Gasteiger partial charge on any atom is -0.493 e. The van der Waals surface area contributed by atoms with Crippen molar-refractivity contribution in [2.75, 3.05) is 7.05 Å². The number of aromatic nitrogens is 1. The van der Waals surface area contributed by atoms with Crippen molar-refractivity contribution in [3.05, 3.63) is 23.8 Å². The van der Waals surface area contributed by atoms with Gasteiger partial charge < -0.3 is 15.0 Å². The van der Waals surface area contributed by atoms with Gasteiger partial charge in [0.05, 0.1) is 5.52 Å². The summed E-state index contributed by atoms with van der Waals surface area (Å²) in [4.78, 5) is 0. The first-order chi connectivity index (χ1) is 9.08. The normalized spacial score (nSPS) is 11.3. The zero-order valence-electron chi connectivity index (χ0n) is 11.1. The van der Waals surface area contributed by atoms with Gasteiger partial charge in [-0.3, -0.25) is 0 Å². The van der Waals surface area contributed by atoms with E-state index >= 15 is 0 Å². The second kappa shape index (κ2) is 5.36. The fourth-order valence-corrected chi connectivity index (χ4v) is 2.04. The Morgan fingerprint density at radius 1 is 1.47 bits per heavy atom. The molecule has 0 aliphatic heterocycles. The number of fused-ring (bicyclic) bond motifs is 1. The number of aryl methyl sites for hydroxylation is 2. The van der Waals surface area contributed by atoms with Crippen LogP contribution in [0.4, 0.5) is 5.69 Å². The van der Waals surface area contributed by atoms with Gasteiger partial charge in [0.2, 0.25) is 11.0 Å². The number of azo groups is 1. The molecule has 2 N–H and O–H groups in total. The average Bonchev–Trinajstić information content (AvgIpc) is 2.67. The molecule has 0 spiro atoms. The Bertz CT molecular complexity index is 660. The summed E-state index contributed by atoms with van der Waals surface area (Å²) < 4.78 is 1.80. The lowest BCUT2D eigenvalue weighted by molar-refractivity contribution is 0.427. The summed E-state index contributed by atoms with van der Waals surface area (Å²) >= 11 is 4.92. The highest BCUT2D eigenvalue weighted by atomic mass is 32.1. The topological polar surface area (TPSA) is 61.9 Å². The van der Waals surface area contributed by atoms with Crippen molar-refractivity contribution in [3.63, 3.8) is 0 Å². The summed E-state index contributed by atoms with van der Waals surface area (Å²) in [5.41, 5.74) is 2.50. The lowest BCUT2D eigenvalue weighted by Gasteiger charge is -2.01. The second-order valence-corrected chi connectivity index (χ2v) is 4.58. The first-order valence-electron chi connectivity index (χ1n) is 6.03. The maximum atomic E-state index is 10.2. The molecule has 0 fully saturated rings. The number of rotatable bonds is 2. The molecule has 0 aliphatic rings. The van der Waals surface area contributed by atoms with Gasteiger partial charge in [-0.25, -0.2) is 0 Å². The molecule has 0 aliphatic carbocycles. The third kappa shape index (κ3) is 2.44. The van der Waals surface area contributed by atoms with Crippen molar-refractivity contribution < 1.29 is 5.11 Å². The molecule has 0 radical (unpaired) electrons. The van der Waals surface area contributed by atoms with Crippen LogP contribution in [0.3, 0.4) is 0 Å². The lowest BCUT2D eigenvalue weighted by atomic mass is 10.1. The first kappa shape index (κ1) is 13.5. The number of nitrogens with one attached hydrogen (secondary N) is 1. The van der Waals surface area contributed by atoms with Crippen molar-refractivity contribution in [1.29, 1.82) is 0 Å². The quantitative estimate of drug-likeness (QED) is 0.653. The van der Waals surface area contributed by atoms with Crippen LogP contribution >= 0.6 is 12.2 Å². The van der Waals surface area contributed by atoms with Crippen LogP contribution in [0.5, 0.6) is 5.88 Å². The van der Waals surface area contributed by atoms with Gasteiger partial charge in [-0.1, -0.05) is 11.6 Å². The molecule has 0 bridgehead atoms. The molecule has 0 saturated heterocycles. The van der Waals surface area contributed by atoms with E-state index in [1.54, 1.807) is 11.6 Å². The Morgan fingerprint density at radius 3 is 2.84 bits per heavy atom. The minimum atomic E-state index is 0.116. The van der Waals surface area contributed by atoms with Gasteiger partial charge in [0, 0.05) is 19.0 Å². The van der Waals surface area contributed by atoms with Crippen molar-refractivity contribution in [2.45, 2.75) is 20.4 Å². The number of nitrogens with zero attached hydrogens (tertiary/aromatic N) is 3. The van der Waals surface area contributed by atoms with E-state index in [0.29, 0.717) is 12.2 Å². The van der Waals surface area contributed by atoms with Crippen LogP contribution in [0.1, 0.15) is 12.5 Å². The molecule has 100 valence electrons. The van der Waals surface area contributed by atoms with Crippen LogP contribution < -0.4 is 5.32 Å². The number of hydrogen-bond donors (Lipinski definition) is 2. The molecule has 1 aromatic carbocycles. The molecular formula is C13H16N4OS. The molecule has 0 saturated carbocycles. The van der Waals surface area contributed by atoms with Crippen molar-refractivity contribution >= 4 is 33.9 Å². The second-order valence-electron chi connectivity index (χ2n) is 4.19. The maximum absolute atomic E-state index is 10.2. The van der Waals surface area contributed by atoms with E-state index < -0.39 is 0 Å². The standard InChI is InChI=1S/C13H16N4OS/c1-4-17-10-6-5-8(2)7-9(10)11(12(17)18)15-16-13(19)14-3/h5-7,18H,4H2,1-3H3,(H,14,19). The van der Waals surface area contributed by atoms with Gasteiger partial charge in [-0.15, -0.1) is 10.2 Å². The van der Waals surface area contributed by atoms with Gasteiger partial charge in [0.1, 0.15) is 0 Å². The fraction of sp³-hybridized carbons (Fsp3) is 0.308. The van der Waals surface area contributed by atoms with Gasteiger partial charge in [0.15, 0.2) is 5.69 Å². The lowest BCUT2D eigenvalue weighted by Crippen LogP contribution is -2.11. The van der Waals surface area contributed by atoms with E-state index in [4.69, 9.17) is 12.2 Å². The highest BCUT2D eigenvalue weighted by molar-refractivity contribution is 7.80. The smallest absolute Gasteiger partial charge is 0.220 e. The van der Waals surface area contributed by atoms with E-state index in [0.717, 1.165) is 16.5 Å². The summed E-state index contributed by atoms with van der Waals surface area (Å²) in [5.74, 6) is 0.116. The van der Waals surface area contributed by atoms with Crippen LogP contribution in [-0.4, -0.2) is 21.8 Å². The summed E-state index contributed by atoms with van der Waals surface area (Å²) in [5, 5.41) is 22.0. The third-order valence-corrected chi connectivity index (χ3v) is 3.22. The van der Waals surface area contributed by atoms with Gasteiger partial charge in [0.25, 0.3) is 0 Å². The summed E-state index contributed by atoms with van der Waals surface area (Å²) in [6.07, 6.45) is 0. The van der Waals surface area contributed by atoms with Gasteiger partial charge >= 0.3 is 0 Å². The molecule has 1 aromatic heterocycles. The molecule has 2 rings (SSSR count). The molecule has 2 aromatic rings. The maximum Gasteiger partial charge on any atom is 0.220 e. The van der Waals surface area contributed by atoms with E-state index in [2.05, 4.69) is 15.5 Å². The zero-order valence-corrected chi connectivity index (χ0v) is 12.0. The Kier molecular flexibility index (Phi) is 3.80. The van der Waals surface area contributed by atoms with Crippen molar-refractivity contribution in [2.24, 2.45) is 10.2 Å². The van der Waals surface area contributed by atoms with Crippen LogP contribution in [0.25, 0.3) is 10.9 Å². The predicted octanol–water partition coefficient (Wildman–Crippen LogP) is 3.26. The van der Waals surface area contributed by atoms with Crippen molar-refractivity contribution in [1.82, 2.24) is 9.88 Å².